The van der Waals surface area contributed by atoms with E-state index in [2.05, 4.69) is 5.32 Å². The molecule has 1 atom stereocenters. The third-order valence-corrected chi connectivity index (χ3v) is 1.71. The smallest absolute Gasteiger partial charge is 0.389 e. The van der Waals surface area contributed by atoms with Gasteiger partial charge in [-0.3, -0.25) is 0 Å². The molecule has 0 aliphatic carbocycles. The maximum atomic E-state index is 11.7. The summed E-state index contributed by atoms with van der Waals surface area (Å²) in [6.45, 7) is 3.05. The molecule has 1 unspecified atom stereocenters. The molecule has 0 saturated carbocycles. The van der Waals surface area contributed by atoms with Crippen molar-refractivity contribution in [1.29, 1.82) is 0 Å². The van der Waals surface area contributed by atoms with Crippen LogP contribution in [0, 0.1) is 0 Å². The van der Waals surface area contributed by atoms with Gasteiger partial charge in [-0.2, -0.15) is 13.2 Å². The Bertz CT molecular complexity index is 153. The monoisotopic (exact) mass is 229 g/mol. The molecule has 92 valence electrons. The van der Waals surface area contributed by atoms with E-state index in [0.717, 1.165) is 0 Å². The second-order valence-electron chi connectivity index (χ2n) is 3.24. The Labute approximate surface area is 87.6 Å². The highest BCUT2D eigenvalue weighted by molar-refractivity contribution is 4.59. The van der Waals surface area contributed by atoms with E-state index in [1.807, 2.05) is 6.92 Å². The van der Waals surface area contributed by atoms with Crippen LogP contribution < -0.4 is 5.32 Å². The third-order valence-electron chi connectivity index (χ3n) is 1.71. The minimum Gasteiger partial charge on any atom is -0.389 e. The Balaban J connectivity index is 3.23. The van der Waals surface area contributed by atoms with Gasteiger partial charge >= 0.3 is 6.18 Å². The van der Waals surface area contributed by atoms with Crippen LogP contribution in [0.2, 0.25) is 0 Å². The summed E-state index contributed by atoms with van der Waals surface area (Å²) < 4.78 is 40.1. The molecule has 0 aromatic heterocycles. The average molecular weight is 229 g/mol. The quantitative estimate of drug-likeness (QED) is 0.617. The number of halogens is 3. The normalized spacial score (nSPS) is 14.2. The minimum atomic E-state index is -4.09. The maximum Gasteiger partial charge on any atom is 0.389 e. The van der Waals surface area contributed by atoms with Gasteiger partial charge in [-0.05, 0) is 19.9 Å². The van der Waals surface area contributed by atoms with Gasteiger partial charge in [-0.15, -0.1) is 0 Å². The van der Waals surface area contributed by atoms with E-state index in [1.54, 1.807) is 0 Å². The van der Waals surface area contributed by atoms with Crippen LogP contribution in [0.3, 0.4) is 0 Å². The summed E-state index contributed by atoms with van der Waals surface area (Å²) in [5, 5.41) is 12.0. The number of aliphatic hydroxyl groups is 1. The van der Waals surface area contributed by atoms with Crippen LogP contribution in [0.1, 0.15) is 19.8 Å². The van der Waals surface area contributed by atoms with Crippen molar-refractivity contribution in [2.24, 2.45) is 0 Å². The van der Waals surface area contributed by atoms with Crippen LogP contribution in [0.15, 0.2) is 0 Å². The summed E-state index contributed by atoms with van der Waals surface area (Å²) >= 11 is 0. The topological polar surface area (TPSA) is 41.5 Å². The number of ether oxygens (including phenoxy) is 1. The summed E-state index contributed by atoms with van der Waals surface area (Å²) in [7, 11) is 0. The molecule has 0 fully saturated rings. The average Bonchev–Trinajstić information content (AvgIpc) is 2.12. The standard InChI is InChI=1S/C9H18F3NO2/c1-2-15-7-8(14)6-13-5-3-4-9(10,11)12/h8,13-14H,2-7H2,1H3. The SMILES string of the molecule is CCOCC(O)CNCCCC(F)(F)F. The van der Waals surface area contributed by atoms with Gasteiger partial charge in [0.15, 0.2) is 0 Å². The van der Waals surface area contributed by atoms with Crippen LogP contribution in [-0.2, 0) is 4.74 Å². The van der Waals surface area contributed by atoms with E-state index in [1.165, 1.54) is 0 Å². The van der Waals surface area contributed by atoms with Crippen LogP contribution in [0.5, 0.6) is 0 Å². The van der Waals surface area contributed by atoms with E-state index in [0.29, 0.717) is 6.61 Å². The van der Waals surface area contributed by atoms with Gasteiger partial charge < -0.3 is 15.2 Å². The number of nitrogens with one attached hydrogen (secondary N) is 1. The second kappa shape index (κ2) is 7.90. The lowest BCUT2D eigenvalue weighted by molar-refractivity contribution is -0.135. The number of alkyl halides is 3. The van der Waals surface area contributed by atoms with Crippen LogP contribution in [-0.4, -0.2) is 43.7 Å². The van der Waals surface area contributed by atoms with Gasteiger partial charge in [-0.25, -0.2) is 0 Å². The molecule has 0 saturated heterocycles. The van der Waals surface area contributed by atoms with Crippen molar-refractivity contribution in [3.8, 4) is 0 Å². The molecule has 0 aliphatic rings. The van der Waals surface area contributed by atoms with Gasteiger partial charge in [0.2, 0.25) is 0 Å². The van der Waals surface area contributed by atoms with Gasteiger partial charge in [0.1, 0.15) is 0 Å². The fourth-order valence-electron chi connectivity index (χ4n) is 0.995. The highest BCUT2D eigenvalue weighted by atomic mass is 19.4. The van der Waals surface area contributed by atoms with Crippen LogP contribution in [0.25, 0.3) is 0 Å². The molecular formula is C9H18F3NO2. The van der Waals surface area contributed by atoms with Crippen molar-refractivity contribution in [3.63, 3.8) is 0 Å². The molecule has 0 aromatic rings. The summed E-state index contributed by atoms with van der Waals surface area (Å²) in [5.41, 5.74) is 0. The molecule has 0 bridgehead atoms. The Morgan fingerprint density at radius 1 is 1.40 bits per heavy atom. The summed E-state index contributed by atoms with van der Waals surface area (Å²) in [5.74, 6) is 0. The highest BCUT2D eigenvalue weighted by Gasteiger charge is 2.25. The molecule has 0 radical (unpaired) electrons. The summed E-state index contributed by atoms with van der Waals surface area (Å²) in [4.78, 5) is 0. The molecule has 0 heterocycles. The third kappa shape index (κ3) is 11.6. The molecule has 2 N–H and O–H groups in total. The van der Waals surface area contributed by atoms with E-state index < -0.39 is 18.7 Å². The van der Waals surface area contributed by atoms with Crippen LogP contribution >= 0.6 is 0 Å². The molecule has 15 heavy (non-hydrogen) atoms. The molecular weight excluding hydrogens is 211 g/mol. The molecule has 0 spiro atoms. The van der Waals surface area contributed by atoms with Gasteiger partial charge in [0, 0.05) is 19.6 Å². The van der Waals surface area contributed by atoms with Crippen molar-refractivity contribution in [3.05, 3.63) is 0 Å². The lowest BCUT2D eigenvalue weighted by Gasteiger charge is -2.11. The maximum absolute atomic E-state index is 11.7. The number of hydrogen-bond acceptors (Lipinski definition) is 3. The first-order valence-electron chi connectivity index (χ1n) is 4.99. The van der Waals surface area contributed by atoms with E-state index in [-0.39, 0.29) is 26.1 Å². The second-order valence-corrected chi connectivity index (χ2v) is 3.24. The number of hydrogen-bond donors (Lipinski definition) is 2. The molecule has 0 aliphatic heterocycles. The van der Waals surface area contributed by atoms with Crippen molar-refractivity contribution in [2.75, 3.05) is 26.3 Å². The fourth-order valence-corrected chi connectivity index (χ4v) is 0.995. The molecule has 0 aromatic carbocycles. The van der Waals surface area contributed by atoms with E-state index in [9.17, 15) is 18.3 Å². The van der Waals surface area contributed by atoms with Gasteiger partial charge in [0.25, 0.3) is 0 Å². The Hall–Kier alpha value is -0.330. The highest BCUT2D eigenvalue weighted by Crippen LogP contribution is 2.20. The fraction of sp³-hybridized carbons (Fsp3) is 1.00. The first-order chi connectivity index (χ1) is 6.95. The number of aliphatic hydroxyl groups excluding tert-OH is 1. The largest absolute Gasteiger partial charge is 0.389 e. The minimum absolute atomic E-state index is 0.0326. The van der Waals surface area contributed by atoms with Crippen molar-refractivity contribution >= 4 is 0 Å². The first-order valence-corrected chi connectivity index (χ1v) is 4.99. The Kier molecular flexibility index (Phi) is 7.72. The van der Waals surface area contributed by atoms with Crippen molar-refractivity contribution < 1.29 is 23.0 Å². The van der Waals surface area contributed by atoms with Gasteiger partial charge in [-0.1, -0.05) is 0 Å². The lowest BCUT2D eigenvalue weighted by Crippen LogP contribution is -2.31. The van der Waals surface area contributed by atoms with E-state index in [4.69, 9.17) is 4.74 Å². The lowest BCUT2D eigenvalue weighted by atomic mass is 10.3. The molecule has 3 nitrogen and oxygen atoms in total. The first kappa shape index (κ1) is 14.7. The molecule has 0 rings (SSSR count). The van der Waals surface area contributed by atoms with Gasteiger partial charge in [0.05, 0.1) is 12.7 Å². The van der Waals surface area contributed by atoms with Crippen molar-refractivity contribution in [2.45, 2.75) is 32.0 Å². The zero-order chi connectivity index (χ0) is 11.7. The Morgan fingerprint density at radius 2 is 2.07 bits per heavy atom. The predicted octanol–water partition coefficient (Wildman–Crippen LogP) is 1.32. The number of rotatable bonds is 8. The van der Waals surface area contributed by atoms with Crippen LogP contribution in [0.4, 0.5) is 13.2 Å². The van der Waals surface area contributed by atoms with E-state index >= 15 is 0 Å². The zero-order valence-corrected chi connectivity index (χ0v) is 8.81. The predicted molar refractivity (Wildman–Crippen MR) is 50.7 cm³/mol. The summed E-state index contributed by atoms with van der Waals surface area (Å²) in [6, 6.07) is 0. The molecule has 6 heteroatoms. The molecule has 0 amide bonds. The van der Waals surface area contributed by atoms with Crippen molar-refractivity contribution in [1.82, 2.24) is 5.32 Å². The zero-order valence-electron chi connectivity index (χ0n) is 8.81. The Morgan fingerprint density at radius 3 is 2.60 bits per heavy atom. The summed E-state index contributed by atoms with van der Waals surface area (Å²) in [6.07, 6.45) is -5.51.